The third-order valence-corrected chi connectivity index (χ3v) is 14.9. The van der Waals surface area contributed by atoms with Gasteiger partial charge in [0.15, 0.2) is 0 Å². The van der Waals surface area contributed by atoms with Crippen LogP contribution in [0.3, 0.4) is 0 Å². The van der Waals surface area contributed by atoms with Crippen LogP contribution in [0.5, 0.6) is 0 Å². The first kappa shape index (κ1) is 73.5. The molecule has 2 N–H and O–H groups in total. The van der Waals surface area contributed by atoms with Crippen LogP contribution in [0.2, 0.25) is 0 Å². The Morgan fingerprint density at radius 2 is 0.842 bits per heavy atom. The predicted octanol–water partition coefficient (Wildman–Crippen LogP) is 19.6. The van der Waals surface area contributed by atoms with E-state index in [1.807, 2.05) is 33.3 Å². The van der Waals surface area contributed by atoms with Gasteiger partial charge in [0, 0.05) is 12.8 Å². The van der Waals surface area contributed by atoms with Crippen molar-refractivity contribution in [1.82, 2.24) is 5.32 Å². The maximum absolute atomic E-state index is 13.5. The zero-order chi connectivity index (χ0) is 55.7. The summed E-state index contributed by atoms with van der Waals surface area (Å²) in [6, 6.07) is -0.857. The lowest BCUT2D eigenvalue weighted by molar-refractivity contribution is -0.870. The van der Waals surface area contributed by atoms with Crippen LogP contribution in [0.4, 0.5) is 0 Å². The van der Waals surface area contributed by atoms with Gasteiger partial charge >= 0.3 is 13.8 Å². The number of phosphoric ester groups is 1. The SMILES string of the molecule is CC/C=C/C/C=C/C/C=C/CCCCCCCCC(=O)NC(COP(=O)(O)OCC[N+](C)(C)C)C(/C=C\CCCCCCCCCCC)OC(=O)CCCCCCCCCCCCCCC/C=C\C/C=C\CCCCC. The average Bonchev–Trinajstić information content (AvgIpc) is 3.38. The molecule has 0 aromatic rings. The molecule has 0 aliphatic rings. The van der Waals surface area contributed by atoms with Crippen LogP contribution in [0, 0.1) is 0 Å². The second kappa shape index (κ2) is 55.8. The number of hydrogen-bond acceptors (Lipinski definition) is 6. The van der Waals surface area contributed by atoms with E-state index >= 15 is 0 Å². The van der Waals surface area contributed by atoms with Gasteiger partial charge in [0.05, 0.1) is 33.8 Å². The van der Waals surface area contributed by atoms with E-state index in [9.17, 15) is 19.0 Å². The van der Waals surface area contributed by atoms with Crippen molar-refractivity contribution in [2.75, 3.05) is 40.9 Å². The number of unbranched alkanes of at least 4 members (excludes halogenated alkanes) is 31. The van der Waals surface area contributed by atoms with Crippen molar-refractivity contribution in [2.45, 2.75) is 296 Å². The van der Waals surface area contributed by atoms with Gasteiger partial charge in [0.1, 0.15) is 19.3 Å². The largest absolute Gasteiger partial charge is 0.472 e. The first-order valence-electron chi connectivity index (χ1n) is 31.8. The van der Waals surface area contributed by atoms with Crippen molar-refractivity contribution in [3.05, 3.63) is 72.9 Å². The van der Waals surface area contributed by atoms with Crippen molar-refractivity contribution in [1.29, 1.82) is 0 Å². The number of phosphoric acid groups is 1. The molecular weight excluding hydrogens is 964 g/mol. The second-order valence-electron chi connectivity index (χ2n) is 22.5. The van der Waals surface area contributed by atoms with E-state index in [4.69, 9.17) is 13.8 Å². The molecule has 0 fully saturated rings. The number of allylic oxidation sites excluding steroid dienone is 11. The summed E-state index contributed by atoms with van der Waals surface area (Å²) in [5, 5.41) is 3.05. The minimum absolute atomic E-state index is 0.0356. The summed E-state index contributed by atoms with van der Waals surface area (Å²) in [7, 11) is 1.48. The number of carbonyl (C=O) groups is 2. The first-order chi connectivity index (χ1) is 36.9. The van der Waals surface area contributed by atoms with E-state index in [2.05, 4.69) is 86.8 Å². The van der Waals surface area contributed by atoms with E-state index in [0.717, 1.165) is 96.3 Å². The summed E-state index contributed by atoms with van der Waals surface area (Å²) in [5.41, 5.74) is 0. The molecule has 0 aliphatic heterocycles. The van der Waals surface area contributed by atoms with E-state index in [-0.39, 0.29) is 31.5 Å². The zero-order valence-electron chi connectivity index (χ0n) is 50.5. The van der Waals surface area contributed by atoms with Gasteiger partial charge in [-0.15, -0.1) is 0 Å². The Bertz CT molecular complexity index is 1530. The lowest BCUT2D eigenvalue weighted by Gasteiger charge is -2.27. The summed E-state index contributed by atoms with van der Waals surface area (Å²) in [6.45, 7) is 6.87. The number of likely N-dealkylation sites (N-methyl/N-ethyl adjacent to an activating group) is 1. The van der Waals surface area contributed by atoms with Crippen LogP contribution in [-0.2, 0) is 27.9 Å². The molecule has 0 spiro atoms. The van der Waals surface area contributed by atoms with Crippen LogP contribution < -0.4 is 5.32 Å². The van der Waals surface area contributed by atoms with Crippen molar-refractivity contribution < 1.29 is 37.3 Å². The van der Waals surface area contributed by atoms with Crippen LogP contribution in [0.15, 0.2) is 72.9 Å². The van der Waals surface area contributed by atoms with Crippen molar-refractivity contribution in [3.8, 4) is 0 Å². The molecule has 0 rings (SSSR count). The maximum atomic E-state index is 13.5. The highest BCUT2D eigenvalue weighted by Crippen LogP contribution is 2.43. The molecule has 10 heteroatoms. The number of carbonyl (C=O) groups excluding carboxylic acids is 2. The van der Waals surface area contributed by atoms with E-state index < -0.39 is 20.0 Å². The summed E-state index contributed by atoms with van der Waals surface area (Å²) < 4.78 is 30.7. The molecule has 0 aromatic carbocycles. The Kier molecular flexibility index (Phi) is 53.9. The highest BCUT2D eigenvalue weighted by Gasteiger charge is 2.30. The number of quaternary nitrogens is 1. The lowest BCUT2D eigenvalue weighted by atomic mass is 10.0. The molecule has 0 aromatic heterocycles. The minimum Gasteiger partial charge on any atom is -0.456 e. The molecule has 0 bridgehead atoms. The quantitative estimate of drug-likeness (QED) is 0.0205. The van der Waals surface area contributed by atoms with E-state index in [1.165, 1.54) is 154 Å². The Morgan fingerprint density at radius 3 is 1.29 bits per heavy atom. The molecule has 9 nitrogen and oxygen atoms in total. The summed E-state index contributed by atoms with van der Waals surface area (Å²) >= 11 is 0. The molecular formula is C66H122N2O7P+. The highest BCUT2D eigenvalue weighted by molar-refractivity contribution is 7.47. The van der Waals surface area contributed by atoms with Gasteiger partial charge in [-0.3, -0.25) is 18.6 Å². The average molecular weight is 1090 g/mol. The van der Waals surface area contributed by atoms with Crippen LogP contribution in [-0.4, -0.2) is 74.3 Å². The number of amides is 1. The number of ether oxygens (including phenoxy) is 1. The number of hydrogen-bond donors (Lipinski definition) is 2. The summed E-state index contributed by atoms with van der Waals surface area (Å²) in [4.78, 5) is 37.7. The molecule has 1 amide bonds. The topological polar surface area (TPSA) is 111 Å². The third-order valence-electron chi connectivity index (χ3n) is 13.9. The van der Waals surface area contributed by atoms with Crippen LogP contribution in [0.1, 0.15) is 284 Å². The zero-order valence-corrected chi connectivity index (χ0v) is 51.4. The van der Waals surface area contributed by atoms with E-state index in [1.54, 1.807) is 0 Å². The Hall–Kier alpha value is -2.55. The number of esters is 1. The summed E-state index contributed by atoms with van der Waals surface area (Å²) in [6.07, 6.45) is 71.9. The fourth-order valence-corrected chi connectivity index (χ4v) is 9.72. The number of rotatable bonds is 57. The fraction of sp³-hybridized carbons (Fsp3) is 0.788. The maximum Gasteiger partial charge on any atom is 0.472 e. The molecule has 0 radical (unpaired) electrons. The second-order valence-corrected chi connectivity index (χ2v) is 24.0. The van der Waals surface area contributed by atoms with E-state index in [0.29, 0.717) is 17.4 Å². The van der Waals surface area contributed by atoms with Gasteiger partial charge in [-0.05, 0) is 96.0 Å². The molecule has 0 heterocycles. The van der Waals surface area contributed by atoms with Crippen LogP contribution in [0.25, 0.3) is 0 Å². The first-order valence-corrected chi connectivity index (χ1v) is 33.3. The predicted molar refractivity (Wildman–Crippen MR) is 328 cm³/mol. The molecule has 0 saturated heterocycles. The monoisotopic (exact) mass is 1090 g/mol. The van der Waals surface area contributed by atoms with Crippen LogP contribution >= 0.6 is 7.82 Å². The van der Waals surface area contributed by atoms with Gasteiger partial charge in [0.25, 0.3) is 0 Å². The third kappa shape index (κ3) is 56.2. The number of nitrogens with one attached hydrogen (secondary N) is 1. The smallest absolute Gasteiger partial charge is 0.456 e. The normalized spacial score (nSPS) is 14.1. The van der Waals surface area contributed by atoms with Gasteiger partial charge in [0.2, 0.25) is 5.91 Å². The van der Waals surface area contributed by atoms with Crippen molar-refractivity contribution in [3.63, 3.8) is 0 Å². The Labute approximate surface area is 470 Å². The Morgan fingerprint density at radius 1 is 0.474 bits per heavy atom. The van der Waals surface area contributed by atoms with Crippen molar-refractivity contribution in [2.24, 2.45) is 0 Å². The molecule has 76 heavy (non-hydrogen) atoms. The van der Waals surface area contributed by atoms with Gasteiger partial charge < -0.3 is 19.4 Å². The fourth-order valence-electron chi connectivity index (χ4n) is 8.99. The molecule has 442 valence electrons. The molecule has 3 atom stereocenters. The molecule has 0 aliphatic carbocycles. The van der Waals surface area contributed by atoms with Gasteiger partial charge in [-0.25, -0.2) is 4.57 Å². The van der Waals surface area contributed by atoms with Crippen molar-refractivity contribution >= 4 is 19.7 Å². The number of nitrogens with zero attached hydrogens (tertiary/aromatic N) is 1. The molecule has 0 saturated carbocycles. The Balaban J connectivity index is 5.14. The highest BCUT2D eigenvalue weighted by atomic mass is 31.2. The summed E-state index contributed by atoms with van der Waals surface area (Å²) in [5.74, 6) is -0.518. The minimum atomic E-state index is -4.45. The van der Waals surface area contributed by atoms with Gasteiger partial charge in [-0.2, -0.15) is 0 Å². The lowest BCUT2D eigenvalue weighted by Crippen LogP contribution is -2.47. The standard InChI is InChI=1S/C66H121N2O7P/c1-7-10-13-16-19-22-25-27-29-31-32-33-34-35-36-37-39-41-44-47-50-53-56-59-66(70)75-64(57-54-51-48-45-42-24-21-18-15-12-9-3)63(62-74-76(71,72)73-61-60-68(4,5)6)67-65(69)58-55-52-49-46-43-40-38-30-28-26-23-20-17-14-11-8-2/h11,14,19-20,22-23,27-30,54,57,63-64H,7-10,12-13,15-18,21,24-26,31-53,55-56,58-62H2,1-6H3,(H-,67,69,71,72)/p+1/b14-11+,22-19-,23-20+,29-27-,30-28+,57-54-. The van der Waals surface area contributed by atoms with Gasteiger partial charge in [-0.1, -0.05) is 248 Å². The molecule has 3 unspecified atom stereocenters.